The summed E-state index contributed by atoms with van der Waals surface area (Å²) in [5.41, 5.74) is 2.12. The Balaban J connectivity index is 0.00000108. The Hall–Kier alpha value is -0.340. The van der Waals surface area contributed by atoms with E-state index in [0.717, 1.165) is 5.92 Å². The van der Waals surface area contributed by atoms with E-state index in [9.17, 15) is 0 Å². The molecule has 0 radical (unpaired) electrons. The second-order valence-electron chi connectivity index (χ2n) is 5.62. The average molecular weight is 296 g/mol. The van der Waals surface area contributed by atoms with E-state index in [4.69, 9.17) is 0 Å². The summed E-state index contributed by atoms with van der Waals surface area (Å²) in [4.78, 5) is 2.51. The van der Waals surface area contributed by atoms with Gasteiger partial charge in [0.2, 0.25) is 0 Å². The van der Waals surface area contributed by atoms with Gasteiger partial charge in [-0.05, 0) is 44.3 Å². The summed E-state index contributed by atoms with van der Waals surface area (Å²) in [5.74, 6) is 0.897. The second kappa shape index (κ2) is 5.11. The minimum atomic E-state index is 0. The summed E-state index contributed by atoms with van der Waals surface area (Å²) in [6.45, 7) is 2.57. The van der Waals surface area contributed by atoms with Crippen LogP contribution in [0.25, 0.3) is 0 Å². The third kappa shape index (κ3) is 2.17. The SMILES string of the molecule is Br.CN1CCC2(c3ccccc3)CCCC2C1. The van der Waals surface area contributed by atoms with Crippen LogP contribution < -0.4 is 0 Å². The highest BCUT2D eigenvalue weighted by Gasteiger charge is 2.46. The average Bonchev–Trinajstić information content (AvgIpc) is 2.74. The van der Waals surface area contributed by atoms with Gasteiger partial charge in [0.15, 0.2) is 0 Å². The molecule has 3 rings (SSSR count). The molecule has 0 aromatic heterocycles. The van der Waals surface area contributed by atoms with Crippen LogP contribution in [0.1, 0.15) is 31.2 Å². The molecule has 1 aliphatic carbocycles. The molecule has 1 saturated carbocycles. The molecular weight excluding hydrogens is 274 g/mol. The van der Waals surface area contributed by atoms with E-state index in [0.29, 0.717) is 5.41 Å². The Morgan fingerprint density at radius 2 is 1.94 bits per heavy atom. The van der Waals surface area contributed by atoms with E-state index in [2.05, 4.69) is 42.3 Å². The molecule has 1 heterocycles. The van der Waals surface area contributed by atoms with Crippen molar-refractivity contribution in [2.75, 3.05) is 20.1 Å². The highest BCUT2D eigenvalue weighted by atomic mass is 79.9. The molecule has 1 nitrogen and oxygen atoms in total. The Morgan fingerprint density at radius 3 is 2.71 bits per heavy atom. The lowest BCUT2D eigenvalue weighted by molar-refractivity contribution is 0.134. The molecule has 2 heteroatoms. The highest BCUT2D eigenvalue weighted by Crippen LogP contribution is 2.50. The van der Waals surface area contributed by atoms with Crippen LogP contribution in [-0.2, 0) is 5.41 Å². The van der Waals surface area contributed by atoms with Gasteiger partial charge in [-0.3, -0.25) is 0 Å². The van der Waals surface area contributed by atoms with Gasteiger partial charge in [0.05, 0.1) is 0 Å². The third-order valence-electron chi connectivity index (χ3n) is 4.78. The van der Waals surface area contributed by atoms with Crippen LogP contribution in [0.3, 0.4) is 0 Å². The number of fused-ring (bicyclic) bond motifs is 1. The lowest BCUT2D eigenvalue weighted by atomic mass is 9.68. The van der Waals surface area contributed by atoms with Crippen LogP contribution >= 0.6 is 17.0 Å². The Kier molecular flexibility index (Phi) is 3.94. The van der Waals surface area contributed by atoms with E-state index < -0.39 is 0 Å². The largest absolute Gasteiger partial charge is 0.306 e. The van der Waals surface area contributed by atoms with Gasteiger partial charge in [0.1, 0.15) is 0 Å². The summed E-state index contributed by atoms with van der Waals surface area (Å²) < 4.78 is 0. The van der Waals surface area contributed by atoms with Gasteiger partial charge in [0, 0.05) is 12.0 Å². The van der Waals surface area contributed by atoms with Gasteiger partial charge in [-0.15, -0.1) is 17.0 Å². The van der Waals surface area contributed by atoms with Crippen molar-refractivity contribution < 1.29 is 0 Å². The first-order valence-electron chi connectivity index (χ1n) is 6.55. The van der Waals surface area contributed by atoms with Crippen molar-refractivity contribution in [3.8, 4) is 0 Å². The minimum absolute atomic E-state index is 0. The van der Waals surface area contributed by atoms with E-state index in [1.165, 1.54) is 38.8 Å². The molecule has 1 saturated heterocycles. The molecule has 0 spiro atoms. The number of piperidine rings is 1. The third-order valence-corrected chi connectivity index (χ3v) is 4.78. The van der Waals surface area contributed by atoms with E-state index in [-0.39, 0.29) is 17.0 Å². The van der Waals surface area contributed by atoms with Crippen LogP contribution in [0.4, 0.5) is 0 Å². The van der Waals surface area contributed by atoms with E-state index in [1.807, 2.05) is 0 Å². The number of likely N-dealkylation sites (tertiary alicyclic amines) is 1. The van der Waals surface area contributed by atoms with E-state index in [1.54, 1.807) is 5.56 Å². The zero-order chi connectivity index (χ0) is 11.0. The molecule has 1 aromatic rings. The molecule has 1 aliphatic heterocycles. The molecular formula is C15H22BrN. The van der Waals surface area contributed by atoms with Crippen molar-refractivity contribution in [2.45, 2.75) is 31.1 Å². The lowest BCUT2D eigenvalue weighted by Crippen LogP contribution is -2.45. The predicted molar refractivity (Wildman–Crippen MR) is 77.9 cm³/mol. The van der Waals surface area contributed by atoms with Crippen molar-refractivity contribution in [1.29, 1.82) is 0 Å². The van der Waals surface area contributed by atoms with Crippen molar-refractivity contribution in [2.24, 2.45) is 5.92 Å². The number of hydrogen-bond acceptors (Lipinski definition) is 1. The fourth-order valence-corrected chi connectivity index (χ4v) is 3.89. The number of rotatable bonds is 1. The maximum absolute atomic E-state index is 2.51. The van der Waals surface area contributed by atoms with Gasteiger partial charge in [0.25, 0.3) is 0 Å². The molecule has 17 heavy (non-hydrogen) atoms. The monoisotopic (exact) mass is 295 g/mol. The summed E-state index contributed by atoms with van der Waals surface area (Å²) in [5, 5.41) is 0. The van der Waals surface area contributed by atoms with Crippen molar-refractivity contribution in [3.05, 3.63) is 35.9 Å². The first-order valence-corrected chi connectivity index (χ1v) is 6.55. The van der Waals surface area contributed by atoms with Crippen molar-refractivity contribution >= 4 is 17.0 Å². The standard InChI is InChI=1S/C15H21N.BrH/c1-16-11-10-15(9-5-8-14(15)12-16)13-6-3-2-4-7-13;/h2-4,6-7,14H,5,8-12H2,1H3;1H. The number of halogens is 1. The maximum atomic E-state index is 2.51. The molecule has 2 fully saturated rings. The van der Waals surface area contributed by atoms with E-state index >= 15 is 0 Å². The molecule has 2 aliphatic rings. The van der Waals surface area contributed by atoms with Crippen LogP contribution in [-0.4, -0.2) is 25.0 Å². The van der Waals surface area contributed by atoms with Crippen LogP contribution in [0.2, 0.25) is 0 Å². The van der Waals surface area contributed by atoms with Gasteiger partial charge < -0.3 is 4.90 Å². The molecule has 0 amide bonds. The topological polar surface area (TPSA) is 3.24 Å². The highest BCUT2D eigenvalue weighted by molar-refractivity contribution is 8.93. The molecule has 2 unspecified atom stereocenters. The van der Waals surface area contributed by atoms with Gasteiger partial charge in [-0.25, -0.2) is 0 Å². The van der Waals surface area contributed by atoms with Crippen LogP contribution in [0.15, 0.2) is 30.3 Å². The zero-order valence-corrected chi connectivity index (χ0v) is 12.3. The van der Waals surface area contributed by atoms with Crippen LogP contribution in [0, 0.1) is 5.92 Å². The predicted octanol–water partition coefficient (Wildman–Crippen LogP) is 3.64. The fraction of sp³-hybridized carbons (Fsp3) is 0.600. The zero-order valence-electron chi connectivity index (χ0n) is 10.6. The summed E-state index contributed by atoms with van der Waals surface area (Å²) in [6.07, 6.45) is 5.63. The first-order chi connectivity index (χ1) is 7.81. The number of nitrogens with zero attached hydrogens (tertiary/aromatic N) is 1. The molecule has 94 valence electrons. The normalized spacial score (nSPS) is 32.9. The van der Waals surface area contributed by atoms with Gasteiger partial charge >= 0.3 is 0 Å². The number of benzene rings is 1. The lowest BCUT2D eigenvalue weighted by Gasteiger charge is -2.43. The van der Waals surface area contributed by atoms with Crippen molar-refractivity contribution in [3.63, 3.8) is 0 Å². The minimum Gasteiger partial charge on any atom is -0.306 e. The molecule has 2 atom stereocenters. The van der Waals surface area contributed by atoms with Crippen LogP contribution in [0.5, 0.6) is 0 Å². The summed E-state index contributed by atoms with van der Waals surface area (Å²) in [6, 6.07) is 11.3. The molecule has 1 aromatic carbocycles. The summed E-state index contributed by atoms with van der Waals surface area (Å²) in [7, 11) is 2.27. The fourth-order valence-electron chi connectivity index (χ4n) is 3.89. The molecule has 0 N–H and O–H groups in total. The van der Waals surface area contributed by atoms with Crippen molar-refractivity contribution in [1.82, 2.24) is 4.90 Å². The second-order valence-corrected chi connectivity index (χ2v) is 5.62. The van der Waals surface area contributed by atoms with Gasteiger partial charge in [-0.2, -0.15) is 0 Å². The Morgan fingerprint density at radius 1 is 1.18 bits per heavy atom. The Labute approximate surface area is 115 Å². The number of hydrogen-bond donors (Lipinski definition) is 0. The maximum Gasteiger partial charge on any atom is 0.00151 e. The smallest absolute Gasteiger partial charge is 0.00151 e. The quantitative estimate of drug-likeness (QED) is 0.765. The summed E-state index contributed by atoms with van der Waals surface area (Å²) >= 11 is 0. The van der Waals surface area contributed by atoms with Gasteiger partial charge in [-0.1, -0.05) is 36.8 Å². The first kappa shape index (κ1) is 13.1. The molecule has 0 bridgehead atoms. The Bertz CT molecular complexity index is 364.